The average Bonchev–Trinajstić information content (AvgIpc) is 3.17. The van der Waals surface area contributed by atoms with Gasteiger partial charge in [-0.2, -0.15) is 16.7 Å². The molecular formula is C18H19BrN4O5S3. The molecule has 0 radical (unpaired) electrons. The van der Waals surface area contributed by atoms with Crippen molar-refractivity contribution in [3.05, 3.63) is 33.4 Å². The van der Waals surface area contributed by atoms with Gasteiger partial charge in [0.25, 0.3) is 0 Å². The molecule has 1 aliphatic rings. The van der Waals surface area contributed by atoms with Crippen LogP contribution >= 0.6 is 52.1 Å². The van der Waals surface area contributed by atoms with E-state index in [-0.39, 0.29) is 30.5 Å². The lowest BCUT2D eigenvalue weighted by atomic mass is 10.1. The van der Waals surface area contributed by atoms with Gasteiger partial charge < -0.3 is 29.7 Å². The molecular weight excluding hydrogens is 528 g/mol. The number of cyclic esters (lactones) is 1. The van der Waals surface area contributed by atoms with Gasteiger partial charge in [0.1, 0.15) is 29.1 Å². The Bertz CT molecular complexity index is 1020. The molecule has 3 rings (SSSR count). The first-order chi connectivity index (χ1) is 14.8. The molecule has 0 aliphatic carbocycles. The number of hydrogen-bond acceptors (Lipinski definition) is 10. The quantitative estimate of drug-likeness (QED) is 0.379. The number of phenolic OH excluding ortho intramolecular Hbond substituents is 1. The van der Waals surface area contributed by atoms with E-state index < -0.39 is 5.97 Å². The van der Waals surface area contributed by atoms with E-state index in [4.69, 9.17) is 38.4 Å². The highest BCUT2D eigenvalue weighted by atomic mass is 79.9. The molecule has 1 atom stereocenters. The van der Waals surface area contributed by atoms with E-state index in [0.717, 1.165) is 0 Å². The molecule has 0 saturated carbocycles. The fraction of sp³-hybridized carbons (Fsp3) is 0.389. The molecule has 9 nitrogen and oxygen atoms in total. The predicted octanol–water partition coefficient (Wildman–Crippen LogP) is 2.83. The van der Waals surface area contributed by atoms with E-state index in [1.54, 1.807) is 6.92 Å². The highest BCUT2D eigenvalue weighted by Gasteiger charge is 2.26. The van der Waals surface area contributed by atoms with Crippen LogP contribution in [-0.2, 0) is 10.5 Å². The van der Waals surface area contributed by atoms with Crippen LogP contribution in [0, 0.1) is 6.92 Å². The number of fused-ring (bicyclic) bond motifs is 1. The normalized spacial score (nSPS) is 18.3. The molecule has 2 aromatic rings. The lowest BCUT2D eigenvalue weighted by Gasteiger charge is -2.20. The number of aromatic nitrogens is 2. The Labute approximate surface area is 201 Å². The molecule has 0 saturated heterocycles. The minimum Gasteiger partial charge on any atom is -0.507 e. The number of nitrogens with zero attached hydrogens (tertiary/aromatic N) is 2. The number of halogens is 1. The number of carbonyl (C=O) groups is 1. The summed E-state index contributed by atoms with van der Waals surface area (Å²) in [7, 11) is 1.44. The molecule has 3 N–H and O–H groups in total. The third-order valence-electron chi connectivity index (χ3n) is 4.23. The zero-order valence-electron chi connectivity index (χ0n) is 16.6. The first kappa shape index (κ1) is 23.7. The van der Waals surface area contributed by atoms with Crippen molar-refractivity contribution in [3.63, 3.8) is 0 Å². The number of aryl methyl sites for hydroxylation is 1. The van der Waals surface area contributed by atoms with E-state index in [0.29, 0.717) is 49.0 Å². The van der Waals surface area contributed by atoms with Crippen LogP contribution in [0.15, 0.2) is 15.1 Å². The summed E-state index contributed by atoms with van der Waals surface area (Å²) in [4.78, 5) is 17.9. The SMILES string of the molecule is COc1cc(O)c2c(c1Br)C(=O)OCC(=S)NCC(=S)N[C@H](c1nc(C)no1)CSC2. The number of hydrogen-bond donors (Lipinski definition) is 3. The van der Waals surface area contributed by atoms with Gasteiger partial charge in [0, 0.05) is 23.1 Å². The van der Waals surface area contributed by atoms with Crippen molar-refractivity contribution in [2.24, 2.45) is 0 Å². The lowest BCUT2D eigenvalue weighted by molar-refractivity contribution is 0.0560. The fourth-order valence-electron chi connectivity index (χ4n) is 2.75. The molecule has 13 heteroatoms. The molecule has 0 fully saturated rings. The third kappa shape index (κ3) is 5.84. The Morgan fingerprint density at radius 1 is 1.39 bits per heavy atom. The van der Waals surface area contributed by atoms with Crippen LogP contribution in [0.5, 0.6) is 11.5 Å². The lowest BCUT2D eigenvalue weighted by Crippen LogP contribution is -2.39. The molecule has 1 aliphatic heterocycles. The predicted molar refractivity (Wildman–Crippen MR) is 127 cm³/mol. The summed E-state index contributed by atoms with van der Waals surface area (Å²) in [6.07, 6.45) is 0. The van der Waals surface area contributed by atoms with E-state index in [9.17, 15) is 9.90 Å². The second-order valence-electron chi connectivity index (χ2n) is 6.43. The van der Waals surface area contributed by atoms with Gasteiger partial charge in [0.15, 0.2) is 5.82 Å². The third-order valence-corrected chi connectivity index (χ3v) is 6.60. The van der Waals surface area contributed by atoms with E-state index in [2.05, 4.69) is 36.7 Å². The first-order valence-corrected chi connectivity index (χ1v) is 11.8. The number of thiocarbonyl (C=S) groups is 2. The maximum absolute atomic E-state index is 12.8. The minimum absolute atomic E-state index is 0.0824. The number of thioether (sulfide) groups is 1. The van der Waals surface area contributed by atoms with Crippen molar-refractivity contribution in [1.82, 2.24) is 20.8 Å². The second-order valence-corrected chi connectivity index (χ2v) is 9.24. The van der Waals surface area contributed by atoms with Crippen LogP contribution in [0.4, 0.5) is 0 Å². The van der Waals surface area contributed by atoms with E-state index in [1.807, 2.05) is 0 Å². The summed E-state index contributed by atoms with van der Waals surface area (Å²) < 4.78 is 16.3. The number of carbonyl (C=O) groups excluding carboxylic acids is 1. The fourth-order valence-corrected chi connectivity index (χ4v) is 4.85. The van der Waals surface area contributed by atoms with Crippen LogP contribution < -0.4 is 15.4 Å². The largest absolute Gasteiger partial charge is 0.507 e. The summed E-state index contributed by atoms with van der Waals surface area (Å²) >= 11 is 15.4. The molecule has 1 aromatic heterocycles. The molecule has 0 bridgehead atoms. The number of nitrogens with one attached hydrogen (secondary N) is 2. The summed E-state index contributed by atoms with van der Waals surface area (Å²) in [5.41, 5.74) is 0.583. The van der Waals surface area contributed by atoms with Gasteiger partial charge in [-0.3, -0.25) is 0 Å². The van der Waals surface area contributed by atoms with Crippen molar-refractivity contribution in [3.8, 4) is 11.5 Å². The Morgan fingerprint density at radius 2 is 2.16 bits per heavy atom. The highest BCUT2D eigenvalue weighted by molar-refractivity contribution is 9.10. The van der Waals surface area contributed by atoms with Crippen LogP contribution in [0.25, 0.3) is 0 Å². The Balaban J connectivity index is 1.95. The Kier molecular flexibility index (Phi) is 8.08. The molecule has 166 valence electrons. The van der Waals surface area contributed by atoms with Crippen molar-refractivity contribution < 1.29 is 23.9 Å². The zero-order valence-corrected chi connectivity index (χ0v) is 20.6. The van der Waals surface area contributed by atoms with Gasteiger partial charge >= 0.3 is 5.97 Å². The number of benzene rings is 1. The topological polar surface area (TPSA) is 119 Å². The molecule has 31 heavy (non-hydrogen) atoms. The van der Waals surface area contributed by atoms with Gasteiger partial charge in [-0.05, 0) is 22.9 Å². The molecule has 0 amide bonds. The Morgan fingerprint density at radius 3 is 2.84 bits per heavy atom. The Hall–Kier alpha value is -1.96. The standard InChI is InChI=1S/C18H19BrN4O5S3/c1-8-21-17(28-23-8)10-7-31-6-9-11(24)3-12(26-2)16(19)15(9)18(25)27-5-14(30)20-4-13(29)22-10/h3,10,24H,4-7H2,1-2H3,(H,20,30)(H,22,29)/t10-/m0/s1. The number of phenols is 1. The van der Waals surface area contributed by atoms with Gasteiger partial charge in [0.05, 0.1) is 28.7 Å². The monoisotopic (exact) mass is 546 g/mol. The highest BCUT2D eigenvalue weighted by Crippen LogP contribution is 2.39. The molecule has 0 unspecified atom stereocenters. The molecule has 0 spiro atoms. The van der Waals surface area contributed by atoms with Crippen LogP contribution in [0.2, 0.25) is 0 Å². The number of aromatic hydroxyl groups is 1. The van der Waals surface area contributed by atoms with Crippen molar-refractivity contribution >= 4 is 68.1 Å². The summed E-state index contributed by atoms with van der Waals surface area (Å²) in [6.45, 7) is 1.85. The minimum atomic E-state index is -0.636. The zero-order chi connectivity index (χ0) is 22.5. The number of methoxy groups -OCH3 is 1. The smallest absolute Gasteiger partial charge is 0.340 e. The van der Waals surface area contributed by atoms with Crippen LogP contribution in [0.3, 0.4) is 0 Å². The maximum atomic E-state index is 12.8. The molecule has 2 heterocycles. The second kappa shape index (κ2) is 10.6. The van der Waals surface area contributed by atoms with Crippen molar-refractivity contribution in [2.75, 3.05) is 26.0 Å². The first-order valence-electron chi connectivity index (χ1n) is 8.99. The van der Waals surface area contributed by atoms with Gasteiger partial charge in [0.2, 0.25) is 5.89 Å². The summed E-state index contributed by atoms with van der Waals surface area (Å²) in [5, 5.41) is 20.5. The van der Waals surface area contributed by atoms with Gasteiger partial charge in [-0.1, -0.05) is 29.6 Å². The number of rotatable bonds is 2. The average molecular weight is 547 g/mol. The van der Waals surface area contributed by atoms with Crippen LogP contribution in [0.1, 0.15) is 33.7 Å². The summed E-state index contributed by atoms with van der Waals surface area (Å²) in [6, 6.07) is 1.08. The van der Waals surface area contributed by atoms with Gasteiger partial charge in [-0.25, -0.2) is 4.79 Å². The number of esters is 1. The summed E-state index contributed by atoms with van der Waals surface area (Å²) in [5.74, 6) is 1.27. The maximum Gasteiger partial charge on any atom is 0.340 e. The van der Waals surface area contributed by atoms with E-state index >= 15 is 0 Å². The van der Waals surface area contributed by atoms with E-state index in [1.165, 1.54) is 24.9 Å². The van der Waals surface area contributed by atoms with Crippen molar-refractivity contribution in [1.29, 1.82) is 0 Å². The molecule has 1 aromatic carbocycles. The van der Waals surface area contributed by atoms with Crippen molar-refractivity contribution in [2.45, 2.75) is 18.7 Å². The van der Waals surface area contributed by atoms with Crippen LogP contribution in [-0.4, -0.2) is 57.2 Å². The number of ether oxygens (including phenoxy) is 2. The van der Waals surface area contributed by atoms with Gasteiger partial charge in [-0.15, -0.1) is 0 Å².